The lowest BCUT2D eigenvalue weighted by molar-refractivity contribution is -0.215. The van der Waals surface area contributed by atoms with Crippen LogP contribution in [0.2, 0.25) is 5.02 Å². The van der Waals surface area contributed by atoms with Crippen LogP contribution in [0.4, 0.5) is 18.9 Å². The highest BCUT2D eigenvalue weighted by molar-refractivity contribution is 6.34. The minimum atomic E-state index is -4.55. The number of amides is 1. The fourth-order valence-electron chi connectivity index (χ4n) is 3.51. The van der Waals surface area contributed by atoms with E-state index in [9.17, 15) is 22.8 Å². The lowest BCUT2D eigenvalue weighted by atomic mass is 9.78. The van der Waals surface area contributed by atoms with Gasteiger partial charge in [-0.1, -0.05) is 18.0 Å². The van der Waals surface area contributed by atoms with Crippen molar-refractivity contribution in [1.82, 2.24) is 9.88 Å². The van der Waals surface area contributed by atoms with E-state index in [4.69, 9.17) is 17.3 Å². The van der Waals surface area contributed by atoms with Crippen LogP contribution in [-0.2, 0) is 5.66 Å². The third-order valence-electron chi connectivity index (χ3n) is 4.40. The number of hydrogen-bond donors (Lipinski definition) is 2. The highest BCUT2D eigenvalue weighted by Gasteiger charge is 2.60. The topological polar surface area (TPSA) is 77.1 Å². The maximum absolute atomic E-state index is 13.5. The Balaban J connectivity index is 2.31. The van der Waals surface area contributed by atoms with Gasteiger partial charge in [-0.05, 0) is 25.3 Å². The predicted octanol–water partition coefficient (Wildman–Crippen LogP) is 2.23. The van der Waals surface area contributed by atoms with Gasteiger partial charge in [0.1, 0.15) is 11.4 Å². The van der Waals surface area contributed by atoms with Crippen molar-refractivity contribution in [2.75, 3.05) is 5.73 Å². The van der Waals surface area contributed by atoms with Crippen LogP contribution in [-0.4, -0.2) is 16.7 Å². The number of hydrogen-bond acceptors (Lipinski definition) is 3. The number of nitrogen functional groups attached to an aromatic ring is 1. The molecule has 0 radical (unpaired) electrons. The first kappa shape index (κ1) is 15.2. The van der Waals surface area contributed by atoms with Crippen molar-refractivity contribution >= 4 is 23.2 Å². The molecule has 1 aromatic rings. The van der Waals surface area contributed by atoms with Gasteiger partial charge in [-0.3, -0.25) is 14.2 Å². The van der Waals surface area contributed by atoms with Crippen LogP contribution in [0.3, 0.4) is 0 Å². The van der Waals surface area contributed by atoms with Gasteiger partial charge in [-0.2, -0.15) is 13.2 Å². The number of nitrogens with one attached hydrogen (secondary N) is 1. The van der Waals surface area contributed by atoms with E-state index in [0.717, 1.165) is 10.6 Å². The molecule has 0 aromatic carbocycles. The van der Waals surface area contributed by atoms with Crippen LogP contribution >= 0.6 is 11.6 Å². The number of pyridine rings is 1. The molecular weight excluding hydrogens is 323 g/mol. The Morgan fingerprint density at radius 3 is 2.68 bits per heavy atom. The number of nitrogens with two attached hydrogens (primary N) is 1. The fraction of sp³-hybridized carbons (Fsp3) is 0.538. The number of anilines is 1. The summed E-state index contributed by atoms with van der Waals surface area (Å²) in [7, 11) is 0. The molecule has 2 aliphatic rings. The Kier molecular flexibility index (Phi) is 3.21. The van der Waals surface area contributed by atoms with Gasteiger partial charge >= 0.3 is 6.18 Å². The number of fused-ring (bicyclic) bond motifs is 2. The molecule has 3 rings (SSSR count). The summed E-state index contributed by atoms with van der Waals surface area (Å²) in [6.07, 6.45) is -3.86. The molecule has 2 heterocycles. The van der Waals surface area contributed by atoms with Gasteiger partial charge in [0, 0.05) is 0 Å². The van der Waals surface area contributed by atoms with E-state index in [-0.39, 0.29) is 29.2 Å². The van der Waals surface area contributed by atoms with Crippen molar-refractivity contribution in [3.63, 3.8) is 0 Å². The fourth-order valence-corrected chi connectivity index (χ4v) is 3.80. The first-order valence-corrected chi connectivity index (χ1v) is 7.17. The lowest BCUT2D eigenvalue weighted by Gasteiger charge is -2.43. The molecule has 3 N–H and O–H groups in total. The van der Waals surface area contributed by atoms with Crippen LogP contribution in [0.1, 0.15) is 36.2 Å². The molecule has 1 spiro atoms. The van der Waals surface area contributed by atoms with E-state index in [2.05, 4.69) is 5.32 Å². The van der Waals surface area contributed by atoms with E-state index in [1.807, 2.05) is 0 Å². The van der Waals surface area contributed by atoms with Crippen LogP contribution < -0.4 is 16.6 Å². The van der Waals surface area contributed by atoms with Crippen molar-refractivity contribution in [2.24, 2.45) is 5.92 Å². The summed E-state index contributed by atoms with van der Waals surface area (Å²) in [5.41, 5.74) is 2.35. The molecule has 2 unspecified atom stereocenters. The zero-order valence-corrected chi connectivity index (χ0v) is 12.1. The Labute approximate surface area is 128 Å². The Bertz CT molecular complexity index is 716. The number of alkyl halides is 3. The molecule has 120 valence electrons. The largest absolute Gasteiger partial charge is 0.395 e. The van der Waals surface area contributed by atoms with Crippen LogP contribution in [0.15, 0.2) is 10.9 Å². The first-order chi connectivity index (χ1) is 10.2. The minimum absolute atomic E-state index is 0.00953. The number of carbonyl (C=O) groups excluding carboxylic acids is 1. The normalized spacial score (nSPS) is 27.8. The Morgan fingerprint density at radius 2 is 2.05 bits per heavy atom. The molecule has 1 amide bonds. The van der Waals surface area contributed by atoms with Crippen molar-refractivity contribution in [1.29, 1.82) is 0 Å². The number of rotatable bonds is 0. The number of carbonyl (C=O) groups is 1. The summed E-state index contributed by atoms with van der Waals surface area (Å²) < 4.78 is 41.2. The summed E-state index contributed by atoms with van der Waals surface area (Å²) in [6.45, 7) is 0. The number of halogens is 4. The summed E-state index contributed by atoms with van der Waals surface area (Å²) in [5, 5.41) is 2.24. The second-order valence-corrected chi connectivity index (χ2v) is 6.06. The third-order valence-corrected chi connectivity index (χ3v) is 4.69. The van der Waals surface area contributed by atoms with Gasteiger partial charge in [0.25, 0.3) is 11.5 Å². The molecule has 0 bridgehead atoms. The van der Waals surface area contributed by atoms with Crippen molar-refractivity contribution < 1.29 is 18.0 Å². The van der Waals surface area contributed by atoms with Gasteiger partial charge in [0.15, 0.2) is 0 Å². The number of aromatic nitrogens is 1. The van der Waals surface area contributed by atoms with Gasteiger partial charge in [-0.15, -0.1) is 0 Å². The molecule has 1 fully saturated rings. The molecular formula is C13H13ClF3N3O2. The highest BCUT2D eigenvalue weighted by atomic mass is 35.5. The van der Waals surface area contributed by atoms with E-state index in [1.165, 1.54) is 0 Å². The van der Waals surface area contributed by atoms with Crippen LogP contribution in [0.5, 0.6) is 0 Å². The molecule has 1 aliphatic carbocycles. The molecule has 9 heteroatoms. The number of nitrogens with zero attached hydrogens (tertiary/aromatic N) is 1. The van der Waals surface area contributed by atoms with Gasteiger partial charge < -0.3 is 11.1 Å². The molecule has 5 nitrogen and oxygen atoms in total. The quantitative estimate of drug-likeness (QED) is 0.763. The van der Waals surface area contributed by atoms with Crippen LogP contribution in [0.25, 0.3) is 0 Å². The van der Waals surface area contributed by atoms with Crippen LogP contribution in [0, 0.1) is 5.92 Å². The summed E-state index contributed by atoms with van der Waals surface area (Å²) in [6, 6.07) is 1.10. The van der Waals surface area contributed by atoms with E-state index < -0.39 is 29.2 Å². The molecule has 1 saturated carbocycles. The maximum Gasteiger partial charge on any atom is 0.395 e. The SMILES string of the molecule is Nc1cc(Cl)c2n(c1=O)C1(CCCCC1C(F)(F)F)NC2=O. The zero-order valence-electron chi connectivity index (χ0n) is 11.3. The second kappa shape index (κ2) is 4.65. The second-order valence-electron chi connectivity index (χ2n) is 5.66. The third kappa shape index (κ3) is 1.93. The average molecular weight is 336 g/mol. The van der Waals surface area contributed by atoms with Crippen molar-refractivity contribution in [3.8, 4) is 0 Å². The molecule has 0 saturated heterocycles. The van der Waals surface area contributed by atoms with Crippen molar-refractivity contribution in [2.45, 2.75) is 37.5 Å². The monoisotopic (exact) mass is 335 g/mol. The summed E-state index contributed by atoms with van der Waals surface area (Å²) in [5.74, 6) is -2.63. The summed E-state index contributed by atoms with van der Waals surface area (Å²) >= 11 is 5.92. The maximum atomic E-state index is 13.5. The molecule has 2 atom stereocenters. The van der Waals surface area contributed by atoms with Crippen molar-refractivity contribution in [3.05, 3.63) is 27.1 Å². The molecule has 1 aromatic heterocycles. The van der Waals surface area contributed by atoms with Gasteiger partial charge in [-0.25, -0.2) is 0 Å². The van der Waals surface area contributed by atoms with Gasteiger partial charge in [0.2, 0.25) is 0 Å². The lowest BCUT2D eigenvalue weighted by Crippen LogP contribution is -2.58. The Morgan fingerprint density at radius 1 is 1.36 bits per heavy atom. The molecule has 1 aliphatic heterocycles. The molecule has 22 heavy (non-hydrogen) atoms. The minimum Gasteiger partial charge on any atom is -0.394 e. The zero-order chi connectivity index (χ0) is 16.3. The van der Waals surface area contributed by atoms with E-state index in [1.54, 1.807) is 0 Å². The van der Waals surface area contributed by atoms with E-state index in [0.29, 0.717) is 12.8 Å². The smallest absolute Gasteiger partial charge is 0.394 e. The predicted molar refractivity (Wildman–Crippen MR) is 73.6 cm³/mol. The summed E-state index contributed by atoms with van der Waals surface area (Å²) in [4.78, 5) is 24.5. The van der Waals surface area contributed by atoms with E-state index >= 15 is 0 Å². The van der Waals surface area contributed by atoms with Gasteiger partial charge in [0.05, 0.1) is 16.6 Å². The first-order valence-electron chi connectivity index (χ1n) is 6.79. The standard InChI is InChI=1S/C13H13ClF3N3O2/c14-6-5-7(18)11(22)20-9(6)10(21)19-12(20)4-2-1-3-8(12)13(15,16)17/h5,8H,1-4,18H2,(H,19,21). The Hall–Kier alpha value is -1.70. The highest BCUT2D eigenvalue weighted by Crippen LogP contribution is 2.49. The average Bonchev–Trinajstić information content (AvgIpc) is 2.69.